The van der Waals surface area contributed by atoms with Crippen LogP contribution in [-0.4, -0.2) is 64.6 Å². The number of rotatable bonds is 5. The zero-order valence-electron chi connectivity index (χ0n) is 27.4. The summed E-state index contributed by atoms with van der Waals surface area (Å²) >= 11 is 0. The number of carbonyl (C=O) groups is 3. The third kappa shape index (κ3) is 11.2. The molecule has 0 saturated heterocycles. The summed E-state index contributed by atoms with van der Waals surface area (Å²) < 4.78 is 11.3. The van der Waals surface area contributed by atoms with Crippen LogP contribution in [0, 0.1) is 11.8 Å². The number of benzene rings is 1. The number of nitrogens with one attached hydrogen (secondary N) is 2. The number of methoxy groups -OCH3 is 1. The number of aliphatic hydroxyl groups excluding tert-OH is 1. The predicted octanol–water partition coefficient (Wildman–Crippen LogP) is 5.39. The Bertz CT molecular complexity index is 1310. The highest BCUT2D eigenvalue weighted by molar-refractivity contribution is 5.93. The molecule has 1 heterocycles. The lowest BCUT2D eigenvalue weighted by Gasteiger charge is -2.29. The van der Waals surface area contributed by atoms with Gasteiger partial charge in [0.05, 0.1) is 24.3 Å². The number of hydrogen-bond acceptors (Lipinski definition) is 8. The van der Waals surface area contributed by atoms with Gasteiger partial charge in [0.1, 0.15) is 23.6 Å². The van der Waals surface area contributed by atoms with Gasteiger partial charge in [-0.25, -0.2) is 4.79 Å². The first-order valence-corrected chi connectivity index (χ1v) is 16.2. The van der Waals surface area contributed by atoms with Crippen LogP contribution in [0.4, 0.5) is 5.69 Å². The molecule has 0 aromatic heterocycles. The molecule has 5 atom stereocenters. The van der Waals surface area contributed by atoms with Gasteiger partial charge in [0.15, 0.2) is 0 Å². The number of phenols is 2. The third-order valence-electron chi connectivity index (χ3n) is 8.69. The molecule has 2 amide bonds. The predicted molar refractivity (Wildman–Crippen MR) is 177 cm³/mol. The Hall–Kier alpha value is -3.89. The van der Waals surface area contributed by atoms with Crippen molar-refractivity contribution in [2.75, 3.05) is 12.4 Å². The van der Waals surface area contributed by atoms with E-state index in [2.05, 4.69) is 10.6 Å². The quantitative estimate of drug-likeness (QED) is 0.125. The summed E-state index contributed by atoms with van der Waals surface area (Å²) in [6.45, 7) is 5.22. The second-order valence-corrected chi connectivity index (χ2v) is 12.3. The van der Waals surface area contributed by atoms with E-state index in [1.165, 1.54) is 19.2 Å². The van der Waals surface area contributed by atoms with Crippen molar-refractivity contribution < 1.29 is 39.2 Å². The van der Waals surface area contributed by atoms with Crippen LogP contribution in [0.2, 0.25) is 0 Å². The highest BCUT2D eigenvalue weighted by atomic mass is 16.5. The van der Waals surface area contributed by atoms with Crippen LogP contribution in [0.3, 0.4) is 0 Å². The van der Waals surface area contributed by atoms with Gasteiger partial charge in [0.25, 0.3) is 0 Å². The second-order valence-electron chi connectivity index (χ2n) is 12.3. The Labute approximate surface area is 272 Å². The fourth-order valence-electron chi connectivity index (χ4n) is 5.76. The smallest absolute Gasteiger partial charge is 0.328 e. The summed E-state index contributed by atoms with van der Waals surface area (Å²) in [5.74, 6) is -1.90. The highest BCUT2D eigenvalue weighted by Crippen LogP contribution is 2.34. The Kier molecular flexibility index (Phi) is 14.6. The minimum Gasteiger partial charge on any atom is -0.508 e. The van der Waals surface area contributed by atoms with Gasteiger partial charge < -0.3 is 35.4 Å². The number of hydrogen-bond donors (Lipinski definition) is 5. The molecule has 3 rings (SSSR count). The van der Waals surface area contributed by atoms with Gasteiger partial charge in [0, 0.05) is 31.4 Å². The number of anilines is 1. The van der Waals surface area contributed by atoms with E-state index in [1.54, 1.807) is 44.2 Å². The number of aromatic hydroxyl groups is 2. The maximum Gasteiger partial charge on any atom is 0.328 e. The SMILES string of the molecule is CO[C@@H]1/C=C/C=C/C=C/C[C@H](OC(=O)[C@@H](C)NC(=O)C2CCCCC2)[C@H](C)[C@@H](O)/C(C)=C\CCc2cc(O)cc(c2O)NC(=O)C1. The van der Waals surface area contributed by atoms with Gasteiger partial charge in [0.2, 0.25) is 11.8 Å². The summed E-state index contributed by atoms with van der Waals surface area (Å²) in [5, 5.41) is 37.8. The molecule has 1 aliphatic carbocycles. The number of aliphatic hydroxyl groups is 1. The van der Waals surface area contributed by atoms with E-state index in [4.69, 9.17) is 9.47 Å². The zero-order chi connectivity index (χ0) is 33.6. The maximum absolute atomic E-state index is 13.1. The second kappa shape index (κ2) is 18.3. The van der Waals surface area contributed by atoms with Crippen molar-refractivity contribution in [3.8, 4) is 11.5 Å². The van der Waals surface area contributed by atoms with Crippen LogP contribution in [0.15, 0.2) is 60.2 Å². The minimum atomic E-state index is -0.940. The minimum absolute atomic E-state index is 0.00853. The topological polar surface area (TPSA) is 154 Å². The van der Waals surface area contributed by atoms with E-state index < -0.39 is 42.1 Å². The molecule has 5 N–H and O–H groups in total. The Morgan fingerprint density at radius 2 is 1.78 bits per heavy atom. The van der Waals surface area contributed by atoms with Crippen molar-refractivity contribution >= 4 is 23.5 Å². The van der Waals surface area contributed by atoms with E-state index in [-0.39, 0.29) is 35.4 Å². The van der Waals surface area contributed by atoms with Crippen molar-refractivity contribution in [1.82, 2.24) is 5.32 Å². The first kappa shape index (κ1) is 36.6. The molecule has 1 aromatic carbocycles. The maximum atomic E-state index is 13.1. The molecule has 46 heavy (non-hydrogen) atoms. The molecule has 2 aliphatic rings. The van der Waals surface area contributed by atoms with Crippen molar-refractivity contribution in [1.29, 1.82) is 0 Å². The molecule has 1 aliphatic heterocycles. The fraction of sp³-hybridized carbons (Fsp3) is 0.528. The van der Waals surface area contributed by atoms with E-state index in [0.29, 0.717) is 30.4 Å². The molecular formula is C36H50N2O8. The van der Waals surface area contributed by atoms with Crippen LogP contribution in [0.25, 0.3) is 0 Å². The molecule has 0 radical (unpaired) electrons. The van der Waals surface area contributed by atoms with Gasteiger partial charge in [-0.3, -0.25) is 9.59 Å². The summed E-state index contributed by atoms with van der Waals surface area (Å²) in [6.07, 6.45) is 16.2. The molecule has 1 aromatic rings. The average Bonchev–Trinajstić information content (AvgIpc) is 3.04. The number of phenolic OH excluding ortho intramolecular Hbond substituents is 2. The Morgan fingerprint density at radius 1 is 1.07 bits per heavy atom. The van der Waals surface area contributed by atoms with Crippen LogP contribution in [0.1, 0.15) is 77.7 Å². The molecule has 10 nitrogen and oxygen atoms in total. The zero-order valence-corrected chi connectivity index (χ0v) is 27.4. The lowest BCUT2D eigenvalue weighted by Crippen LogP contribution is -2.45. The molecule has 0 unspecified atom stereocenters. The number of esters is 1. The molecule has 2 bridgehead atoms. The number of aryl methyl sites for hydroxylation is 1. The molecular weight excluding hydrogens is 588 g/mol. The van der Waals surface area contributed by atoms with E-state index in [0.717, 1.165) is 32.1 Å². The number of allylic oxidation sites excluding steroid dienone is 5. The molecule has 1 saturated carbocycles. The lowest BCUT2D eigenvalue weighted by molar-refractivity contribution is -0.156. The Balaban J connectivity index is 1.82. The largest absolute Gasteiger partial charge is 0.508 e. The van der Waals surface area contributed by atoms with E-state index >= 15 is 0 Å². The monoisotopic (exact) mass is 638 g/mol. The average molecular weight is 639 g/mol. The van der Waals surface area contributed by atoms with E-state index in [1.807, 2.05) is 19.1 Å². The number of carbonyl (C=O) groups excluding carboxylic acids is 3. The lowest BCUT2D eigenvalue weighted by atomic mass is 9.88. The van der Waals surface area contributed by atoms with Crippen LogP contribution in [0.5, 0.6) is 11.5 Å². The van der Waals surface area contributed by atoms with Crippen molar-refractivity contribution in [2.24, 2.45) is 11.8 Å². The van der Waals surface area contributed by atoms with Gasteiger partial charge in [-0.1, -0.05) is 68.7 Å². The van der Waals surface area contributed by atoms with Crippen molar-refractivity contribution in [3.05, 3.63) is 65.8 Å². The molecule has 1 fully saturated rings. The molecule has 252 valence electrons. The fourth-order valence-corrected chi connectivity index (χ4v) is 5.76. The Morgan fingerprint density at radius 3 is 2.50 bits per heavy atom. The van der Waals surface area contributed by atoms with Gasteiger partial charge in [-0.05, 0) is 56.7 Å². The summed E-state index contributed by atoms with van der Waals surface area (Å²) in [4.78, 5) is 38.6. The molecule has 10 heteroatoms. The number of amides is 2. The number of ether oxygens (including phenoxy) is 2. The summed E-state index contributed by atoms with van der Waals surface area (Å²) in [6, 6.07) is 1.89. The van der Waals surface area contributed by atoms with Gasteiger partial charge >= 0.3 is 5.97 Å². The highest BCUT2D eigenvalue weighted by Gasteiger charge is 2.31. The standard InChI is InChI=1S/C36H50N2O8/c1-23-14-13-17-27-20-28(39)21-30(34(27)42)38-32(40)22-29(45-4)18-11-6-5-7-12-19-31(24(2)33(23)41)46-36(44)25(3)37-35(43)26-15-9-8-10-16-26/h5-7,11-12,14,18,20-21,24-26,29,31,33,39,41-42H,8-10,13,15-17,19,22H2,1-4H3,(H,37,43)(H,38,40)/b6-5+,12-7+,18-11+,23-14-/t24-,25+,29+,31-,33-/m0/s1. The van der Waals surface area contributed by atoms with Gasteiger partial charge in [-0.2, -0.15) is 0 Å². The molecule has 0 spiro atoms. The third-order valence-corrected chi connectivity index (χ3v) is 8.69. The first-order chi connectivity index (χ1) is 22.0. The van der Waals surface area contributed by atoms with E-state index in [9.17, 15) is 29.7 Å². The van der Waals surface area contributed by atoms with Crippen LogP contribution >= 0.6 is 0 Å². The summed E-state index contributed by atoms with van der Waals surface area (Å²) in [5.41, 5.74) is 1.19. The van der Waals surface area contributed by atoms with Crippen LogP contribution in [-0.2, 0) is 30.3 Å². The van der Waals surface area contributed by atoms with Gasteiger partial charge in [-0.15, -0.1) is 0 Å². The van der Waals surface area contributed by atoms with Crippen molar-refractivity contribution in [3.63, 3.8) is 0 Å². The normalized spacial score (nSPS) is 27.8. The number of fused-ring (bicyclic) bond motifs is 2. The van der Waals surface area contributed by atoms with Crippen LogP contribution < -0.4 is 10.6 Å². The van der Waals surface area contributed by atoms with Crippen molar-refractivity contribution in [2.45, 2.75) is 103 Å². The summed E-state index contributed by atoms with van der Waals surface area (Å²) in [7, 11) is 1.49. The first-order valence-electron chi connectivity index (χ1n) is 16.2.